The van der Waals surface area contributed by atoms with Crippen LogP contribution in [0.1, 0.15) is 128 Å². The first-order valence-electron chi connectivity index (χ1n) is 41.8. The number of hydrogen-bond acceptors (Lipinski definition) is 36. The number of aromatic nitrogens is 8. The van der Waals surface area contributed by atoms with Crippen molar-refractivity contribution >= 4 is 205 Å². The summed E-state index contributed by atoms with van der Waals surface area (Å²) in [7, 11) is 8.44. The van der Waals surface area contributed by atoms with Gasteiger partial charge in [0.2, 0.25) is 21.7 Å². The van der Waals surface area contributed by atoms with Crippen LogP contribution in [0.3, 0.4) is 0 Å². The van der Waals surface area contributed by atoms with Gasteiger partial charge in [0.15, 0.2) is 23.3 Å². The number of alkyl halides is 3. The van der Waals surface area contributed by atoms with Crippen LogP contribution in [0, 0.1) is 37.2 Å². The molecule has 0 radical (unpaired) electrons. The van der Waals surface area contributed by atoms with Gasteiger partial charge < -0.3 is 77.4 Å². The van der Waals surface area contributed by atoms with Crippen molar-refractivity contribution in [1.82, 2.24) is 39.7 Å². The Balaban J connectivity index is 0.000000393. The van der Waals surface area contributed by atoms with E-state index < -0.39 is 50.0 Å². The highest BCUT2D eigenvalue weighted by atomic mass is 35.5. The van der Waals surface area contributed by atoms with E-state index in [0.29, 0.717) is 156 Å². The molecule has 4 fully saturated rings. The quantitative estimate of drug-likeness (QED) is 0.00435. The molecular weight excluding hydrogens is 2010 g/mol. The van der Waals surface area contributed by atoms with Gasteiger partial charge in [0.05, 0.1) is 123 Å². The predicted octanol–water partition coefficient (Wildman–Crippen LogP) is 12.6. The minimum atomic E-state index is -1.19. The first kappa shape index (κ1) is 121. The van der Waals surface area contributed by atoms with Crippen molar-refractivity contribution in [1.29, 1.82) is 0 Å². The standard InChI is InChI=1S/C12H15ClN4O5.C12H15ClN4O2.C12H14ClN3O2.C12H14ClNO2.C9H16O3.C8H16ClNO3.C7H5ClO.C5H10ClNO2.C4HCl2N3O2.C3H7Cl2O/c1-3-12(10(18)21-2)7-22-5-4-16(12)9-8(17(19)20)6-14-11(13)15-9;1-3-12-7-19-5-4-17(12)9-8(16(2)10(12)18)6-14-11(13)15-9;1-2-12-7-18-4-3-16(12)10-8(5-9(12)17)6-14-11(13)15-10;1-3-11(12(15)16-2)14-8-9-4-6-10(13)7-5-9;1-3-9(8(10)11-2)5-4-6-12-7-9;1-3-8(10,7(11)12-2)6-13-5-4-9;8-7-3-1-6(5-9)2-4-7;1-3-4(7-6)5(8)9-2;5-3-2(9(10)11)1-7-4(6)8-3;4-1-2-6-3-5/h6H,3-5,7H2,1-2H3;6H,3-5,7H2,1-2H3;6H,2-5,7H2,1H3;4-8,11H,3H2,1-2H3;3-7H2,1-2H3;3-6,10H2,1-2H3;1-5H;4,7H,3H2,1-2H3;1H;5H,1-3H2/q;;;;;;;;;+1/p+1. The number of nitrogens with zero attached hydrogens (tertiary/aromatic N) is 14. The van der Waals surface area contributed by atoms with Gasteiger partial charge in [-0.15, -0.1) is 23.2 Å². The van der Waals surface area contributed by atoms with Crippen molar-refractivity contribution in [3.8, 4) is 0 Å². The zero-order valence-corrected chi connectivity index (χ0v) is 85.1. The normalized spacial score (nSPS) is 19.0. The average molecular weight is 2120 g/mol. The van der Waals surface area contributed by atoms with Crippen molar-refractivity contribution in [2.75, 3.05) is 172 Å². The number of aliphatic imine (C=N–C) groups is 1. The van der Waals surface area contributed by atoms with Gasteiger partial charge in [-0.2, -0.15) is 9.97 Å². The number of ketones is 1. The van der Waals surface area contributed by atoms with Crippen LogP contribution < -0.4 is 35.2 Å². The second-order valence-corrected chi connectivity index (χ2v) is 32.9. The Morgan fingerprint density at radius 3 is 1.61 bits per heavy atom. The minimum absolute atomic E-state index is 0.0134. The molecule has 4 aromatic heterocycles. The molecule has 0 spiro atoms. The average Bonchev–Trinajstić information content (AvgIpc) is 0.707. The van der Waals surface area contributed by atoms with Gasteiger partial charge in [-0.25, -0.2) is 44.1 Å². The molecule has 748 valence electrons. The predicted molar refractivity (Wildman–Crippen MR) is 509 cm³/mol. The van der Waals surface area contributed by atoms with Gasteiger partial charge in [0, 0.05) is 96.7 Å². The molecule has 6 aromatic rings. The number of H-pyrrole nitrogens is 1. The number of likely N-dealkylation sites (N-methyl/N-ethyl adjacent to an activating group) is 1. The second-order valence-electron chi connectivity index (χ2n) is 29.1. The van der Waals surface area contributed by atoms with E-state index >= 15 is 0 Å². The summed E-state index contributed by atoms with van der Waals surface area (Å²) in [5.74, 6) is 0.870. The maximum absolute atomic E-state index is 12.7. The van der Waals surface area contributed by atoms with Gasteiger partial charge in [0.1, 0.15) is 64.3 Å². The van der Waals surface area contributed by atoms with Crippen LogP contribution in [0.4, 0.5) is 34.5 Å². The van der Waals surface area contributed by atoms with E-state index in [1.165, 1.54) is 40.4 Å². The van der Waals surface area contributed by atoms with E-state index in [4.69, 9.17) is 155 Å². The molecule has 0 bridgehead atoms. The summed E-state index contributed by atoms with van der Waals surface area (Å²) in [6, 6.07) is 13.5. The molecule has 7 atom stereocenters. The number of Topliss-reactive ketones (excluding diaryl/α,β-unsaturated/α-hetero) is 1. The third-order valence-electron chi connectivity index (χ3n) is 21.2. The fourth-order valence-corrected chi connectivity index (χ4v) is 14.9. The molecule has 4 N–H and O–H groups in total. The number of ether oxygens (including phenoxy) is 11. The number of aromatic amines is 1. The topological polar surface area (TPSA) is 492 Å². The monoisotopic (exact) mass is 2110 g/mol. The molecule has 2 aromatic carbocycles. The number of nitro groups is 2. The summed E-state index contributed by atoms with van der Waals surface area (Å²) in [6.45, 7) is 19.6. The lowest BCUT2D eigenvalue weighted by atomic mass is 9.80. The number of hydrogen-bond donors (Lipinski definition) is 2. The lowest BCUT2D eigenvalue weighted by Crippen LogP contribution is -2.68. The third kappa shape index (κ3) is 35.5. The number of halogens is 11. The van der Waals surface area contributed by atoms with Gasteiger partial charge in [0.25, 0.3) is 12.0 Å². The molecule has 4 saturated heterocycles. The molecular formula is C84H114Cl11N17O23+2. The van der Waals surface area contributed by atoms with E-state index in [-0.39, 0.29) is 104 Å². The number of amides is 1. The molecule has 10 heterocycles. The molecule has 6 aliphatic heterocycles. The van der Waals surface area contributed by atoms with Crippen LogP contribution in [0.5, 0.6) is 0 Å². The number of anilines is 4. The van der Waals surface area contributed by atoms with Crippen molar-refractivity contribution in [3.63, 3.8) is 0 Å². The van der Waals surface area contributed by atoms with Crippen LogP contribution in [-0.2, 0) is 92.1 Å². The summed E-state index contributed by atoms with van der Waals surface area (Å²) >= 11 is 59.8. The van der Waals surface area contributed by atoms with Crippen LogP contribution in [-0.4, -0.2) is 286 Å². The van der Waals surface area contributed by atoms with Crippen LogP contribution in [0.25, 0.3) is 0 Å². The second kappa shape index (κ2) is 62.6. The van der Waals surface area contributed by atoms with Gasteiger partial charge >= 0.3 is 51.7 Å². The molecule has 0 saturated carbocycles. The van der Waals surface area contributed by atoms with Crippen LogP contribution >= 0.6 is 116 Å². The number of methoxy groups -OCH3 is 5. The van der Waals surface area contributed by atoms with E-state index in [0.717, 1.165) is 61.5 Å². The fourth-order valence-electron chi connectivity index (χ4n) is 13.3. The Labute approximate surface area is 837 Å². The zero-order valence-electron chi connectivity index (χ0n) is 76.7. The summed E-state index contributed by atoms with van der Waals surface area (Å²) in [5.41, 5.74) is 4.43. The van der Waals surface area contributed by atoms with Crippen molar-refractivity contribution in [2.45, 2.75) is 147 Å². The Morgan fingerprint density at radius 1 is 0.630 bits per heavy atom. The van der Waals surface area contributed by atoms with Crippen LogP contribution in [0.2, 0.25) is 36.3 Å². The Morgan fingerprint density at radius 2 is 1.15 bits per heavy atom. The first-order chi connectivity index (χ1) is 64.4. The van der Waals surface area contributed by atoms with Crippen molar-refractivity contribution in [2.24, 2.45) is 16.1 Å². The molecule has 7 unspecified atom stereocenters. The number of esters is 5. The number of nitrogens with two attached hydrogens (primary N) is 1. The number of morpholine rings is 3. The SMILES string of the molecule is CCC(N)(COCCCl)C(=O)OC.CCC(N=Cc1ccc(Cl)cc1)C(=O)OC.CCC(NCl)C(=O)OC.CCC1(C(=O)OC)CCCOC1.CCC1(C(=O)OC)COCCN1c1nc(Cl)ncc1[N+](=O)[O-].CCC12COCCN1c1nc(Cl)ncc1CC2=O.CCC12COCCN1c1nc(Cl)ncc1N(C)C2=O.ClCCOC[ClH+].O=Cc1ccc(Cl)cc1.O=[N+]([O-])c1c[nH+]c(Cl)nc1Cl. The molecule has 6 aliphatic rings. The van der Waals surface area contributed by atoms with Gasteiger partial charge in [-0.05, 0) is 151 Å². The number of aldehydes is 1. The fraction of sp³-hybridized carbons (Fsp3) is 0.560. The lowest BCUT2D eigenvalue weighted by Gasteiger charge is -2.51. The summed E-state index contributed by atoms with van der Waals surface area (Å²) in [4.78, 5) is 156. The smallest absolute Gasteiger partial charge is 0.395 e. The van der Waals surface area contributed by atoms with Gasteiger partial charge in [-0.1, -0.05) is 95.9 Å². The number of nitrogens with one attached hydrogen (secondary N) is 2. The summed E-state index contributed by atoms with van der Waals surface area (Å²) < 4.78 is 54.7. The van der Waals surface area contributed by atoms with E-state index in [9.17, 15) is 58.6 Å². The van der Waals surface area contributed by atoms with Crippen LogP contribution in [0.15, 0.2) is 78.3 Å². The molecule has 1 amide bonds. The highest BCUT2D eigenvalue weighted by Crippen LogP contribution is 2.43. The molecule has 135 heavy (non-hydrogen) atoms. The number of carbonyl (C=O) groups excluding carboxylic acids is 8. The number of benzene rings is 2. The number of carbonyl (C=O) groups is 8. The van der Waals surface area contributed by atoms with Crippen molar-refractivity contribution < 1.29 is 117 Å². The van der Waals surface area contributed by atoms with Gasteiger partial charge in [-0.3, -0.25) is 49.2 Å². The van der Waals surface area contributed by atoms with E-state index in [2.05, 4.69) is 80.2 Å². The zero-order chi connectivity index (χ0) is 101. The summed E-state index contributed by atoms with van der Waals surface area (Å²) in [5, 5.41) is 22.8. The van der Waals surface area contributed by atoms with E-state index in [1.807, 2.05) is 56.6 Å². The largest absolute Gasteiger partial charge is 0.469 e. The maximum Gasteiger partial charge on any atom is 0.395 e. The Kier molecular flexibility index (Phi) is 56.0. The minimum Gasteiger partial charge on any atom is -0.469 e. The lowest BCUT2D eigenvalue weighted by molar-refractivity contribution is -0.430. The van der Waals surface area contributed by atoms with Crippen molar-refractivity contribution in [3.05, 3.63) is 147 Å². The molecule has 0 aliphatic carbocycles. The Bertz CT molecular complexity index is 4780. The summed E-state index contributed by atoms with van der Waals surface area (Å²) in [6.07, 6.45) is 14.3. The number of rotatable bonds is 26. The highest BCUT2D eigenvalue weighted by Gasteiger charge is 2.54. The highest BCUT2D eigenvalue weighted by molar-refractivity contribution is 6.33. The Hall–Kier alpha value is -8.34. The third-order valence-corrected chi connectivity index (χ3v) is 23.5. The van der Waals surface area contributed by atoms with E-state index in [1.54, 1.807) is 80.8 Å². The molecule has 12 rings (SSSR count). The maximum atomic E-state index is 12.7. The molecule has 51 heteroatoms. The first-order valence-corrected chi connectivity index (χ1v) is 46.5. The number of fused-ring (bicyclic) bond motifs is 6. The molecule has 40 nitrogen and oxygen atoms in total.